The summed E-state index contributed by atoms with van der Waals surface area (Å²) in [6, 6.07) is -0.848. The number of nitrogens with two attached hydrogens (primary N) is 1. The molecule has 0 unspecified atom stereocenters. The largest absolute Gasteiger partial charge is 0.351 e. The monoisotopic (exact) mass is 278 g/mol. The van der Waals surface area contributed by atoms with Crippen LogP contribution in [-0.2, 0) is 4.79 Å². The third kappa shape index (κ3) is 3.99. The highest BCUT2D eigenvalue weighted by atomic mass is 32.2. The molecule has 1 heterocycles. The van der Waals surface area contributed by atoms with Crippen molar-refractivity contribution < 1.29 is 9.59 Å². The Morgan fingerprint density at radius 1 is 1.44 bits per heavy atom. The Morgan fingerprint density at radius 2 is 2.06 bits per heavy atom. The van der Waals surface area contributed by atoms with E-state index in [1.165, 1.54) is 34.9 Å². The van der Waals surface area contributed by atoms with Crippen molar-refractivity contribution in [1.29, 1.82) is 0 Å². The van der Waals surface area contributed by atoms with Crippen LogP contribution in [0, 0.1) is 0 Å². The molecule has 16 heavy (non-hydrogen) atoms. The number of hydrogen-bond donors (Lipinski definition) is 2. The lowest BCUT2D eigenvalue weighted by atomic mass is 10.4. The predicted octanol–water partition coefficient (Wildman–Crippen LogP) is 0.936. The number of imide groups is 1. The van der Waals surface area contributed by atoms with Gasteiger partial charge >= 0.3 is 6.03 Å². The van der Waals surface area contributed by atoms with Gasteiger partial charge in [0.05, 0.1) is 5.25 Å². The van der Waals surface area contributed by atoms with E-state index in [9.17, 15) is 9.59 Å². The Balaban J connectivity index is 2.53. The first-order valence-electron chi connectivity index (χ1n) is 4.17. The molecule has 1 aromatic rings. The van der Waals surface area contributed by atoms with Gasteiger partial charge in [0, 0.05) is 0 Å². The first kappa shape index (κ1) is 13.3. The molecule has 0 aliphatic carbocycles. The van der Waals surface area contributed by atoms with Crippen LogP contribution >= 0.6 is 34.9 Å². The highest BCUT2D eigenvalue weighted by molar-refractivity contribution is 8.03. The second-order valence-corrected chi connectivity index (χ2v) is 6.27. The number of urea groups is 1. The molecule has 1 atom stereocenters. The fourth-order valence-corrected chi connectivity index (χ4v) is 3.34. The summed E-state index contributed by atoms with van der Waals surface area (Å²) in [5.74, 6) is -0.432. The Bertz CT molecular complexity index is 395. The molecule has 0 aliphatic rings. The van der Waals surface area contributed by atoms with Crippen molar-refractivity contribution in [3.05, 3.63) is 0 Å². The van der Waals surface area contributed by atoms with Crippen molar-refractivity contribution in [2.75, 3.05) is 6.26 Å². The predicted molar refractivity (Wildman–Crippen MR) is 64.7 cm³/mol. The van der Waals surface area contributed by atoms with Crippen LogP contribution in [0.25, 0.3) is 0 Å². The van der Waals surface area contributed by atoms with Gasteiger partial charge in [-0.25, -0.2) is 4.79 Å². The molecule has 1 aromatic heterocycles. The lowest BCUT2D eigenvalue weighted by Gasteiger charge is -2.06. The third-order valence-corrected chi connectivity index (χ3v) is 4.54. The zero-order chi connectivity index (χ0) is 12.1. The van der Waals surface area contributed by atoms with Gasteiger partial charge in [-0.15, -0.1) is 10.2 Å². The van der Waals surface area contributed by atoms with Crippen molar-refractivity contribution in [3.8, 4) is 0 Å². The molecular weight excluding hydrogens is 268 g/mol. The second-order valence-electron chi connectivity index (χ2n) is 2.65. The Kier molecular flexibility index (Phi) is 5.03. The molecule has 0 saturated carbocycles. The molecule has 0 spiro atoms. The maximum absolute atomic E-state index is 11.4. The average molecular weight is 278 g/mol. The number of hydrogen-bond acceptors (Lipinski definition) is 7. The molecule has 0 aromatic carbocycles. The quantitative estimate of drug-likeness (QED) is 0.795. The zero-order valence-corrected chi connectivity index (χ0v) is 11.0. The summed E-state index contributed by atoms with van der Waals surface area (Å²) in [4.78, 5) is 21.8. The molecule has 3 amide bonds. The van der Waals surface area contributed by atoms with Crippen molar-refractivity contribution in [1.82, 2.24) is 15.5 Å². The van der Waals surface area contributed by atoms with Crippen LogP contribution in [0.4, 0.5) is 4.79 Å². The van der Waals surface area contributed by atoms with Crippen molar-refractivity contribution in [2.45, 2.75) is 20.9 Å². The SMILES string of the molecule is CSc1nnc(S[C@@H](C)C(=O)NC(N)=O)s1. The molecule has 88 valence electrons. The summed E-state index contributed by atoms with van der Waals surface area (Å²) in [5.41, 5.74) is 4.84. The van der Waals surface area contributed by atoms with E-state index in [0.29, 0.717) is 4.34 Å². The van der Waals surface area contributed by atoms with E-state index in [0.717, 1.165) is 4.34 Å². The van der Waals surface area contributed by atoms with Crippen LogP contribution in [0.5, 0.6) is 0 Å². The van der Waals surface area contributed by atoms with E-state index >= 15 is 0 Å². The van der Waals surface area contributed by atoms with Crippen molar-refractivity contribution in [3.63, 3.8) is 0 Å². The Morgan fingerprint density at radius 3 is 2.56 bits per heavy atom. The molecule has 3 N–H and O–H groups in total. The van der Waals surface area contributed by atoms with E-state index in [1.54, 1.807) is 6.92 Å². The van der Waals surface area contributed by atoms with E-state index in [-0.39, 0.29) is 0 Å². The van der Waals surface area contributed by atoms with Crippen LogP contribution in [0.15, 0.2) is 8.68 Å². The second kappa shape index (κ2) is 6.06. The third-order valence-electron chi connectivity index (χ3n) is 1.46. The molecule has 1 rings (SSSR count). The van der Waals surface area contributed by atoms with Crippen molar-refractivity contribution >= 4 is 46.8 Å². The number of rotatable bonds is 4. The molecule has 9 heteroatoms. The van der Waals surface area contributed by atoms with Gasteiger partial charge in [-0.1, -0.05) is 34.9 Å². The van der Waals surface area contributed by atoms with E-state index in [1.807, 2.05) is 11.6 Å². The zero-order valence-electron chi connectivity index (χ0n) is 8.59. The van der Waals surface area contributed by atoms with E-state index in [2.05, 4.69) is 10.2 Å². The van der Waals surface area contributed by atoms with Gasteiger partial charge in [-0.3, -0.25) is 10.1 Å². The van der Waals surface area contributed by atoms with Crippen LogP contribution in [0.1, 0.15) is 6.92 Å². The maximum atomic E-state index is 11.4. The molecular formula is C7H10N4O2S3. The van der Waals surface area contributed by atoms with Gasteiger partial charge in [-0.2, -0.15) is 0 Å². The number of nitrogens with zero attached hydrogens (tertiary/aromatic N) is 2. The molecule has 0 saturated heterocycles. The number of aromatic nitrogens is 2. The van der Waals surface area contributed by atoms with E-state index in [4.69, 9.17) is 5.73 Å². The first-order valence-corrected chi connectivity index (χ1v) is 7.09. The number of carbonyl (C=O) groups is 2. The standard InChI is InChI=1S/C7H10N4O2S3/c1-3(4(12)9-5(8)13)15-7-11-10-6(14-2)16-7/h3H,1-2H3,(H3,8,9,12,13)/t3-/m0/s1. The number of nitrogens with one attached hydrogen (secondary N) is 1. The van der Waals surface area contributed by atoms with Crippen LogP contribution in [0.2, 0.25) is 0 Å². The number of thioether (sulfide) groups is 2. The summed E-state index contributed by atoms with van der Waals surface area (Å²) in [6.07, 6.45) is 1.90. The highest BCUT2D eigenvalue weighted by Crippen LogP contribution is 2.29. The van der Waals surface area contributed by atoms with Crippen LogP contribution < -0.4 is 11.1 Å². The molecule has 0 aliphatic heterocycles. The van der Waals surface area contributed by atoms with Gasteiger partial charge in [0.1, 0.15) is 0 Å². The topological polar surface area (TPSA) is 98.0 Å². The minimum absolute atomic E-state index is 0.432. The van der Waals surface area contributed by atoms with E-state index < -0.39 is 17.2 Å². The minimum Gasteiger partial charge on any atom is -0.351 e. The molecule has 0 bridgehead atoms. The summed E-state index contributed by atoms with van der Waals surface area (Å²) < 4.78 is 1.53. The Labute approximate surface area is 105 Å². The van der Waals surface area contributed by atoms with Crippen LogP contribution in [0.3, 0.4) is 0 Å². The molecule has 0 fully saturated rings. The molecule has 0 radical (unpaired) electrons. The summed E-state index contributed by atoms with van der Waals surface area (Å²) in [5, 5.41) is 9.38. The van der Waals surface area contributed by atoms with Crippen LogP contribution in [-0.4, -0.2) is 33.6 Å². The van der Waals surface area contributed by atoms with Crippen molar-refractivity contribution in [2.24, 2.45) is 5.73 Å². The average Bonchev–Trinajstić information content (AvgIpc) is 2.64. The maximum Gasteiger partial charge on any atom is 0.318 e. The fourth-order valence-electron chi connectivity index (χ4n) is 0.755. The first-order chi connectivity index (χ1) is 7.52. The smallest absolute Gasteiger partial charge is 0.318 e. The normalized spacial score (nSPS) is 12.1. The number of carbonyl (C=O) groups excluding carboxylic acids is 2. The van der Waals surface area contributed by atoms with Gasteiger partial charge in [0.25, 0.3) is 0 Å². The van der Waals surface area contributed by atoms with Gasteiger partial charge < -0.3 is 5.73 Å². The number of amides is 3. The van der Waals surface area contributed by atoms with Gasteiger partial charge in [0.2, 0.25) is 5.91 Å². The Hall–Kier alpha value is -0.800. The summed E-state index contributed by atoms with van der Waals surface area (Å²) >= 11 is 4.14. The lowest BCUT2D eigenvalue weighted by molar-refractivity contribution is -0.119. The highest BCUT2D eigenvalue weighted by Gasteiger charge is 2.17. The van der Waals surface area contributed by atoms with Gasteiger partial charge in [-0.05, 0) is 13.2 Å². The minimum atomic E-state index is -0.848. The summed E-state index contributed by atoms with van der Waals surface area (Å²) in [6.45, 7) is 1.67. The summed E-state index contributed by atoms with van der Waals surface area (Å²) in [7, 11) is 0. The van der Waals surface area contributed by atoms with Gasteiger partial charge in [0.15, 0.2) is 8.68 Å². The lowest BCUT2D eigenvalue weighted by Crippen LogP contribution is -2.39. The molecule has 6 nitrogen and oxygen atoms in total. The fraction of sp³-hybridized carbons (Fsp3) is 0.429. The number of primary amides is 1.